The van der Waals surface area contributed by atoms with Gasteiger partial charge in [0.15, 0.2) is 0 Å². The van der Waals surface area contributed by atoms with Crippen molar-refractivity contribution in [1.29, 1.82) is 0 Å². The number of nitrogens with one attached hydrogen (secondary N) is 1. The van der Waals surface area contributed by atoms with Crippen molar-refractivity contribution >= 4 is 5.82 Å². The third-order valence-corrected chi connectivity index (χ3v) is 5.18. The fourth-order valence-corrected chi connectivity index (χ4v) is 3.89. The maximum Gasteiger partial charge on any atom is 0.138 e. The van der Waals surface area contributed by atoms with Gasteiger partial charge in [-0.2, -0.15) is 0 Å². The molecule has 0 radical (unpaired) electrons. The Labute approximate surface area is 142 Å². The molecule has 0 bridgehead atoms. The van der Waals surface area contributed by atoms with Gasteiger partial charge in [-0.05, 0) is 32.4 Å². The average molecular weight is 328 g/mol. The minimum atomic E-state index is -0.0224. The molecule has 24 heavy (non-hydrogen) atoms. The van der Waals surface area contributed by atoms with E-state index in [9.17, 15) is 0 Å². The maximum atomic E-state index is 6.23. The van der Waals surface area contributed by atoms with Crippen LogP contribution >= 0.6 is 0 Å². The Kier molecular flexibility index (Phi) is 4.02. The quantitative estimate of drug-likeness (QED) is 0.930. The lowest BCUT2D eigenvalue weighted by atomic mass is 9.97. The number of hydrogen-bond acceptors (Lipinski definition) is 6. The van der Waals surface area contributed by atoms with E-state index in [4.69, 9.17) is 9.26 Å². The van der Waals surface area contributed by atoms with Crippen LogP contribution in [0.15, 0.2) is 28.9 Å². The third-order valence-electron chi connectivity index (χ3n) is 5.18. The van der Waals surface area contributed by atoms with Crippen molar-refractivity contribution in [2.24, 2.45) is 0 Å². The van der Waals surface area contributed by atoms with E-state index in [1.807, 2.05) is 38.2 Å². The Morgan fingerprint density at radius 3 is 3.04 bits per heavy atom. The molecule has 4 rings (SSSR count). The van der Waals surface area contributed by atoms with Gasteiger partial charge in [-0.3, -0.25) is 4.90 Å². The molecule has 1 spiro atoms. The first kappa shape index (κ1) is 15.6. The zero-order chi connectivity index (χ0) is 16.6. The topological polar surface area (TPSA) is 63.4 Å². The molecular formula is C18H24N4O2. The van der Waals surface area contributed by atoms with E-state index in [2.05, 4.69) is 20.4 Å². The standard InChI is InChI=1S/C18H24N4O2/c1-13-16(14(2)24-21-13)10-22-8-6-18(12-22)9-15(11-23-18)20-17-5-3-4-7-19-17/h3-5,7,15H,6,8-12H2,1-2H3,(H,19,20). The molecular weight excluding hydrogens is 304 g/mol. The third kappa shape index (κ3) is 3.03. The van der Waals surface area contributed by atoms with Gasteiger partial charge >= 0.3 is 0 Å². The first-order valence-electron chi connectivity index (χ1n) is 8.59. The van der Waals surface area contributed by atoms with Gasteiger partial charge in [0.2, 0.25) is 0 Å². The van der Waals surface area contributed by atoms with Crippen LogP contribution < -0.4 is 5.32 Å². The Morgan fingerprint density at radius 1 is 1.38 bits per heavy atom. The van der Waals surface area contributed by atoms with Crippen molar-refractivity contribution in [2.45, 2.75) is 44.9 Å². The fourth-order valence-electron chi connectivity index (χ4n) is 3.89. The second kappa shape index (κ2) is 6.18. The zero-order valence-electron chi connectivity index (χ0n) is 14.3. The van der Waals surface area contributed by atoms with E-state index in [0.717, 1.165) is 56.4 Å². The van der Waals surface area contributed by atoms with E-state index >= 15 is 0 Å². The van der Waals surface area contributed by atoms with Crippen molar-refractivity contribution < 1.29 is 9.26 Å². The average Bonchev–Trinajstić information content (AvgIpc) is 3.26. The Morgan fingerprint density at radius 2 is 2.29 bits per heavy atom. The van der Waals surface area contributed by atoms with Crippen LogP contribution in [0.5, 0.6) is 0 Å². The van der Waals surface area contributed by atoms with Crippen LogP contribution in [0.25, 0.3) is 0 Å². The molecule has 2 aromatic heterocycles. The first-order valence-corrected chi connectivity index (χ1v) is 8.59. The van der Waals surface area contributed by atoms with Gasteiger partial charge in [-0.25, -0.2) is 4.98 Å². The smallest absolute Gasteiger partial charge is 0.138 e. The van der Waals surface area contributed by atoms with E-state index in [0.29, 0.717) is 6.04 Å². The molecule has 2 aliphatic rings. The minimum Gasteiger partial charge on any atom is -0.371 e. The Bertz CT molecular complexity index is 683. The molecule has 0 aliphatic carbocycles. The van der Waals surface area contributed by atoms with Crippen molar-refractivity contribution in [1.82, 2.24) is 15.0 Å². The zero-order valence-corrected chi connectivity index (χ0v) is 14.3. The number of aromatic nitrogens is 2. The summed E-state index contributed by atoms with van der Waals surface area (Å²) >= 11 is 0. The molecule has 0 saturated carbocycles. The highest BCUT2D eigenvalue weighted by Gasteiger charge is 2.45. The molecule has 2 saturated heterocycles. The van der Waals surface area contributed by atoms with Crippen LogP contribution in [0.1, 0.15) is 29.9 Å². The molecule has 2 aromatic rings. The molecule has 6 heteroatoms. The summed E-state index contributed by atoms with van der Waals surface area (Å²) in [5.41, 5.74) is 2.19. The lowest BCUT2D eigenvalue weighted by Gasteiger charge is -2.23. The van der Waals surface area contributed by atoms with E-state index in [1.54, 1.807) is 0 Å². The van der Waals surface area contributed by atoms with Crippen LogP contribution in [-0.4, -0.2) is 46.4 Å². The molecule has 2 unspecified atom stereocenters. The number of nitrogens with zero attached hydrogens (tertiary/aromatic N) is 3. The predicted octanol–water partition coefficient (Wildman–Crippen LogP) is 2.53. The summed E-state index contributed by atoms with van der Waals surface area (Å²) in [5, 5.41) is 7.55. The molecule has 1 N–H and O–H groups in total. The lowest BCUT2D eigenvalue weighted by molar-refractivity contribution is 0.0119. The summed E-state index contributed by atoms with van der Waals surface area (Å²) < 4.78 is 11.5. The fraction of sp³-hybridized carbons (Fsp3) is 0.556. The van der Waals surface area contributed by atoms with Crippen molar-refractivity contribution in [3.8, 4) is 0 Å². The number of likely N-dealkylation sites (tertiary alicyclic amines) is 1. The molecule has 6 nitrogen and oxygen atoms in total. The Balaban J connectivity index is 1.36. The van der Waals surface area contributed by atoms with E-state index < -0.39 is 0 Å². The largest absolute Gasteiger partial charge is 0.371 e. The van der Waals surface area contributed by atoms with Gasteiger partial charge in [-0.15, -0.1) is 0 Å². The van der Waals surface area contributed by atoms with Crippen molar-refractivity contribution in [2.75, 3.05) is 25.0 Å². The number of ether oxygens (including phenoxy) is 1. The van der Waals surface area contributed by atoms with Crippen LogP contribution in [0, 0.1) is 13.8 Å². The van der Waals surface area contributed by atoms with Crippen molar-refractivity contribution in [3.05, 3.63) is 41.4 Å². The monoisotopic (exact) mass is 328 g/mol. The maximum absolute atomic E-state index is 6.23. The normalized spacial score (nSPS) is 27.2. The second-order valence-electron chi connectivity index (χ2n) is 7.02. The van der Waals surface area contributed by atoms with Crippen molar-refractivity contribution in [3.63, 3.8) is 0 Å². The van der Waals surface area contributed by atoms with Crippen LogP contribution in [0.3, 0.4) is 0 Å². The minimum absolute atomic E-state index is 0.0224. The summed E-state index contributed by atoms with van der Waals surface area (Å²) in [5.74, 6) is 1.85. The number of aryl methyl sites for hydroxylation is 2. The molecule has 2 fully saturated rings. The number of hydrogen-bond donors (Lipinski definition) is 1. The molecule has 0 amide bonds. The van der Waals surface area contributed by atoms with Gasteiger partial charge in [-0.1, -0.05) is 11.2 Å². The van der Waals surface area contributed by atoms with Gasteiger partial charge in [0.05, 0.1) is 23.9 Å². The molecule has 4 heterocycles. The Hall–Kier alpha value is -1.92. The van der Waals surface area contributed by atoms with Gasteiger partial charge in [0, 0.05) is 37.8 Å². The molecule has 0 aromatic carbocycles. The van der Waals surface area contributed by atoms with Crippen LogP contribution in [0.2, 0.25) is 0 Å². The second-order valence-corrected chi connectivity index (χ2v) is 7.02. The summed E-state index contributed by atoms with van der Waals surface area (Å²) in [6.45, 7) is 7.66. The lowest BCUT2D eigenvalue weighted by Crippen LogP contribution is -2.33. The van der Waals surface area contributed by atoms with Crippen LogP contribution in [-0.2, 0) is 11.3 Å². The molecule has 2 atom stereocenters. The van der Waals surface area contributed by atoms with Gasteiger partial charge in [0.25, 0.3) is 0 Å². The highest BCUT2D eigenvalue weighted by molar-refractivity contribution is 5.35. The number of rotatable bonds is 4. The number of pyridine rings is 1. The summed E-state index contributed by atoms with van der Waals surface area (Å²) in [6, 6.07) is 6.27. The van der Waals surface area contributed by atoms with Crippen LogP contribution in [0.4, 0.5) is 5.82 Å². The molecule has 128 valence electrons. The summed E-state index contributed by atoms with van der Waals surface area (Å²) in [6.07, 6.45) is 3.92. The number of anilines is 1. The summed E-state index contributed by atoms with van der Waals surface area (Å²) in [4.78, 5) is 6.80. The van der Waals surface area contributed by atoms with E-state index in [1.165, 1.54) is 5.56 Å². The SMILES string of the molecule is Cc1noc(C)c1CN1CCC2(CC(Nc3ccccn3)CO2)C1. The van der Waals surface area contributed by atoms with E-state index in [-0.39, 0.29) is 5.60 Å². The molecule has 2 aliphatic heterocycles. The first-order chi connectivity index (χ1) is 11.6. The van der Waals surface area contributed by atoms with Gasteiger partial charge in [0.1, 0.15) is 11.6 Å². The highest BCUT2D eigenvalue weighted by Crippen LogP contribution is 2.36. The summed E-state index contributed by atoms with van der Waals surface area (Å²) in [7, 11) is 0. The highest BCUT2D eigenvalue weighted by atomic mass is 16.5. The predicted molar refractivity (Wildman–Crippen MR) is 90.8 cm³/mol. The van der Waals surface area contributed by atoms with Gasteiger partial charge < -0.3 is 14.6 Å².